The van der Waals surface area contributed by atoms with Gasteiger partial charge in [-0.2, -0.15) is 0 Å². The van der Waals surface area contributed by atoms with Crippen molar-refractivity contribution in [2.45, 2.75) is 12.5 Å². The Hall–Kier alpha value is -1.90. The Kier molecular flexibility index (Phi) is 4.71. The molecule has 0 fully saturated rings. The number of hydrogen-bond donors (Lipinski definition) is 1. The van der Waals surface area contributed by atoms with Crippen molar-refractivity contribution in [2.24, 2.45) is 0 Å². The van der Waals surface area contributed by atoms with Gasteiger partial charge in [-0.1, -0.05) is 82.7 Å². The van der Waals surface area contributed by atoms with Gasteiger partial charge in [0.15, 0.2) is 0 Å². The number of rotatable bonds is 4. The highest BCUT2D eigenvalue weighted by Crippen LogP contribution is 2.24. The molecular weight excluding hydrogens is 336 g/mol. The summed E-state index contributed by atoms with van der Waals surface area (Å²) in [5.41, 5.74) is 4.47. The Balaban J connectivity index is 1.73. The van der Waals surface area contributed by atoms with Gasteiger partial charge < -0.3 is 5.11 Å². The molecule has 0 amide bonds. The largest absolute Gasteiger partial charge is 0.388 e. The van der Waals surface area contributed by atoms with E-state index in [0.717, 1.165) is 15.6 Å². The average molecular weight is 353 g/mol. The van der Waals surface area contributed by atoms with Gasteiger partial charge in [-0.15, -0.1) is 0 Å². The van der Waals surface area contributed by atoms with Crippen LogP contribution in [0.3, 0.4) is 0 Å². The molecule has 0 aliphatic carbocycles. The summed E-state index contributed by atoms with van der Waals surface area (Å²) in [6.07, 6.45) is 0.171. The molecule has 1 N–H and O–H groups in total. The first kappa shape index (κ1) is 15.0. The van der Waals surface area contributed by atoms with Crippen molar-refractivity contribution < 1.29 is 5.11 Å². The van der Waals surface area contributed by atoms with Crippen LogP contribution in [0.4, 0.5) is 0 Å². The molecular formula is C20H17BrO. The minimum atomic E-state index is -0.459. The molecule has 0 aliphatic rings. The summed E-state index contributed by atoms with van der Waals surface area (Å²) in [6.45, 7) is 0. The van der Waals surface area contributed by atoms with Crippen LogP contribution in [-0.4, -0.2) is 5.11 Å². The van der Waals surface area contributed by atoms with Crippen LogP contribution in [0.5, 0.6) is 0 Å². The fraction of sp³-hybridized carbons (Fsp3) is 0.100. The maximum Gasteiger partial charge on any atom is 0.0830 e. The molecule has 0 bridgehead atoms. The lowest BCUT2D eigenvalue weighted by atomic mass is 9.99. The second-order valence-corrected chi connectivity index (χ2v) is 6.25. The van der Waals surface area contributed by atoms with Crippen LogP contribution in [0.25, 0.3) is 11.1 Å². The molecule has 0 aromatic heterocycles. The molecule has 0 saturated carbocycles. The number of halogens is 1. The van der Waals surface area contributed by atoms with E-state index in [-0.39, 0.29) is 0 Å². The maximum absolute atomic E-state index is 10.3. The van der Waals surface area contributed by atoms with Gasteiger partial charge in [0, 0.05) is 10.9 Å². The topological polar surface area (TPSA) is 20.2 Å². The van der Waals surface area contributed by atoms with Gasteiger partial charge in [-0.25, -0.2) is 0 Å². The summed E-state index contributed by atoms with van der Waals surface area (Å²) in [7, 11) is 0. The summed E-state index contributed by atoms with van der Waals surface area (Å²) < 4.78 is 1.08. The molecule has 0 aliphatic heterocycles. The van der Waals surface area contributed by atoms with Gasteiger partial charge in [0.2, 0.25) is 0 Å². The van der Waals surface area contributed by atoms with Crippen LogP contribution in [0.1, 0.15) is 17.2 Å². The average Bonchev–Trinajstić information content (AvgIpc) is 2.57. The fourth-order valence-corrected chi connectivity index (χ4v) is 2.76. The van der Waals surface area contributed by atoms with Crippen molar-refractivity contribution >= 4 is 15.9 Å². The van der Waals surface area contributed by atoms with Crippen LogP contribution in [0.2, 0.25) is 0 Å². The van der Waals surface area contributed by atoms with Crippen LogP contribution in [-0.2, 0) is 6.42 Å². The van der Waals surface area contributed by atoms with Crippen molar-refractivity contribution in [3.63, 3.8) is 0 Å². The third-order valence-electron chi connectivity index (χ3n) is 3.74. The minimum absolute atomic E-state index is 0.459. The van der Waals surface area contributed by atoms with Gasteiger partial charge in [-0.05, 0) is 34.4 Å². The van der Waals surface area contributed by atoms with E-state index in [4.69, 9.17) is 0 Å². The van der Waals surface area contributed by atoms with E-state index in [0.29, 0.717) is 6.42 Å². The smallest absolute Gasteiger partial charge is 0.0830 e. The van der Waals surface area contributed by atoms with Crippen LogP contribution >= 0.6 is 15.9 Å². The Morgan fingerprint density at radius 2 is 1.27 bits per heavy atom. The molecule has 1 unspecified atom stereocenters. The monoisotopic (exact) mass is 352 g/mol. The lowest BCUT2D eigenvalue weighted by Gasteiger charge is -2.11. The Labute approximate surface area is 139 Å². The third-order valence-corrected chi connectivity index (χ3v) is 4.27. The number of benzene rings is 3. The summed E-state index contributed by atoms with van der Waals surface area (Å²) >= 11 is 3.45. The quantitative estimate of drug-likeness (QED) is 0.667. The van der Waals surface area contributed by atoms with E-state index >= 15 is 0 Å². The summed E-state index contributed by atoms with van der Waals surface area (Å²) in [5.74, 6) is 0. The molecule has 3 aromatic carbocycles. The SMILES string of the molecule is OC(Cc1ccc(-c2ccc(Br)cc2)cc1)c1ccccc1. The van der Waals surface area contributed by atoms with Gasteiger partial charge in [-0.3, -0.25) is 0 Å². The van der Waals surface area contributed by atoms with E-state index in [1.54, 1.807) is 0 Å². The van der Waals surface area contributed by atoms with E-state index in [2.05, 4.69) is 52.3 Å². The van der Waals surface area contributed by atoms with Crippen LogP contribution < -0.4 is 0 Å². The molecule has 0 heterocycles. The molecule has 3 rings (SSSR count). The molecule has 1 atom stereocenters. The first-order chi connectivity index (χ1) is 10.7. The van der Waals surface area contributed by atoms with E-state index in [1.165, 1.54) is 11.1 Å². The first-order valence-corrected chi connectivity index (χ1v) is 8.09. The Morgan fingerprint density at radius 3 is 1.86 bits per heavy atom. The zero-order valence-electron chi connectivity index (χ0n) is 12.1. The van der Waals surface area contributed by atoms with E-state index in [1.807, 2.05) is 42.5 Å². The van der Waals surface area contributed by atoms with Crippen molar-refractivity contribution in [3.05, 3.63) is 94.5 Å². The highest BCUT2D eigenvalue weighted by atomic mass is 79.9. The minimum Gasteiger partial charge on any atom is -0.388 e. The molecule has 22 heavy (non-hydrogen) atoms. The molecule has 0 saturated heterocycles. The summed E-state index contributed by atoms with van der Waals surface area (Å²) in [4.78, 5) is 0. The van der Waals surface area contributed by atoms with Gasteiger partial charge in [0.1, 0.15) is 0 Å². The van der Waals surface area contributed by atoms with Gasteiger partial charge >= 0.3 is 0 Å². The normalized spacial score (nSPS) is 12.1. The van der Waals surface area contributed by atoms with E-state index in [9.17, 15) is 5.11 Å². The van der Waals surface area contributed by atoms with Gasteiger partial charge in [0.05, 0.1) is 6.10 Å². The third kappa shape index (κ3) is 3.65. The van der Waals surface area contributed by atoms with Crippen molar-refractivity contribution in [1.82, 2.24) is 0 Å². The molecule has 0 spiro atoms. The van der Waals surface area contributed by atoms with Crippen molar-refractivity contribution in [1.29, 1.82) is 0 Å². The first-order valence-electron chi connectivity index (χ1n) is 7.30. The lowest BCUT2D eigenvalue weighted by molar-refractivity contribution is 0.178. The molecule has 2 heteroatoms. The highest BCUT2D eigenvalue weighted by molar-refractivity contribution is 9.10. The second-order valence-electron chi connectivity index (χ2n) is 5.33. The number of aliphatic hydroxyl groups is 1. The molecule has 110 valence electrons. The standard InChI is InChI=1S/C20H17BrO/c21-19-12-10-17(11-13-19)16-8-6-15(7-9-16)14-20(22)18-4-2-1-3-5-18/h1-13,20,22H,14H2. The lowest BCUT2D eigenvalue weighted by Crippen LogP contribution is -2.01. The second kappa shape index (κ2) is 6.91. The van der Waals surface area contributed by atoms with Crippen LogP contribution in [0, 0.1) is 0 Å². The Morgan fingerprint density at radius 1 is 0.727 bits per heavy atom. The molecule has 0 radical (unpaired) electrons. The zero-order chi connectivity index (χ0) is 15.4. The van der Waals surface area contributed by atoms with E-state index < -0.39 is 6.10 Å². The maximum atomic E-state index is 10.3. The number of aliphatic hydroxyl groups excluding tert-OH is 1. The highest BCUT2D eigenvalue weighted by Gasteiger charge is 2.08. The molecule has 1 nitrogen and oxygen atoms in total. The predicted octanol–water partition coefficient (Wildman–Crippen LogP) is 5.39. The zero-order valence-corrected chi connectivity index (χ0v) is 13.7. The van der Waals surface area contributed by atoms with Crippen molar-refractivity contribution in [2.75, 3.05) is 0 Å². The van der Waals surface area contributed by atoms with Crippen molar-refractivity contribution in [3.8, 4) is 11.1 Å². The summed E-state index contributed by atoms with van der Waals surface area (Å²) in [6, 6.07) is 26.5. The fourth-order valence-electron chi connectivity index (χ4n) is 2.49. The summed E-state index contributed by atoms with van der Waals surface area (Å²) in [5, 5.41) is 10.3. The van der Waals surface area contributed by atoms with Crippen LogP contribution in [0.15, 0.2) is 83.3 Å². The predicted molar refractivity (Wildman–Crippen MR) is 94.7 cm³/mol. The molecule has 3 aromatic rings. The number of hydrogen-bond acceptors (Lipinski definition) is 1. The Bertz CT molecular complexity index is 718. The van der Waals surface area contributed by atoms with Gasteiger partial charge in [0.25, 0.3) is 0 Å².